The van der Waals surface area contributed by atoms with E-state index < -0.39 is 0 Å². The SMILES string of the molecule is Cn1c(CN)nc(-c2ccc3c(c2)OCCO3)c1Br. The van der Waals surface area contributed by atoms with Crippen LogP contribution in [-0.4, -0.2) is 22.8 Å². The van der Waals surface area contributed by atoms with E-state index in [1.54, 1.807) is 0 Å². The summed E-state index contributed by atoms with van der Waals surface area (Å²) in [6.07, 6.45) is 0. The zero-order valence-electron chi connectivity index (χ0n) is 10.5. The first-order valence-corrected chi connectivity index (χ1v) is 6.81. The van der Waals surface area contributed by atoms with Gasteiger partial charge in [0.2, 0.25) is 0 Å². The summed E-state index contributed by atoms with van der Waals surface area (Å²) in [7, 11) is 1.93. The normalized spacial score (nSPS) is 13.6. The van der Waals surface area contributed by atoms with Gasteiger partial charge in [-0.3, -0.25) is 0 Å². The van der Waals surface area contributed by atoms with Gasteiger partial charge in [0.25, 0.3) is 0 Å². The fourth-order valence-corrected chi connectivity index (χ4v) is 2.60. The summed E-state index contributed by atoms with van der Waals surface area (Å²) >= 11 is 3.55. The van der Waals surface area contributed by atoms with Gasteiger partial charge >= 0.3 is 0 Å². The Kier molecular flexibility index (Phi) is 3.20. The Morgan fingerprint density at radius 2 is 2.05 bits per heavy atom. The van der Waals surface area contributed by atoms with Crippen LogP contribution < -0.4 is 15.2 Å². The van der Waals surface area contributed by atoms with E-state index in [1.165, 1.54) is 0 Å². The van der Waals surface area contributed by atoms with Gasteiger partial charge in [0.1, 0.15) is 29.3 Å². The number of nitrogens with two attached hydrogens (primary N) is 1. The van der Waals surface area contributed by atoms with E-state index >= 15 is 0 Å². The number of aromatic nitrogens is 2. The maximum atomic E-state index is 5.67. The first-order valence-electron chi connectivity index (χ1n) is 6.02. The summed E-state index contributed by atoms with van der Waals surface area (Å²) in [4.78, 5) is 4.54. The Morgan fingerprint density at radius 1 is 1.32 bits per heavy atom. The monoisotopic (exact) mass is 323 g/mol. The Balaban J connectivity index is 2.07. The summed E-state index contributed by atoms with van der Waals surface area (Å²) in [6, 6.07) is 5.83. The minimum Gasteiger partial charge on any atom is -0.486 e. The van der Waals surface area contributed by atoms with Gasteiger partial charge < -0.3 is 19.8 Å². The molecule has 2 aromatic rings. The van der Waals surface area contributed by atoms with Crippen LogP contribution in [-0.2, 0) is 13.6 Å². The Labute approximate surface area is 119 Å². The molecule has 3 rings (SSSR count). The van der Waals surface area contributed by atoms with E-state index in [-0.39, 0.29) is 0 Å². The van der Waals surface area contributed by atoms with Gasteiger partial charge in [-0.05, 0) is 34.1 Å². The third-order valence-electron chi connectivity index (χ3n) is 3.12. The van der Waals surface area contributed by atoms with E-state index in [0.29, 0.717) is 19.8 Å². The highest BCUT2D eigenvalue weighted by Gasteiger charge is 2.17. The van der Waals surface area contributed by atoms with Crippen molar-refractivity contribution < 1.29 is 9.47 Å². The summed E-state index contributed by atoms with van der Waals surface area (Å²) < 4.78 is 13.9. The van der Waals surface area contributed by atoms with Crippen molar-refractivity contribution in [1.29, 1.82) is 0 Å². The summed E-state index contributed by atoms with van der Waals surface area (Å²) in [5.41, 5.74) is 7.51. The second-order valence-electron chi connectivity index (χ2n) is 4.29. The number of benzene rings is 1. The maximum Gasteiger partial charge on any atom is 0.162 e. The summed E-state index contributed by atoms with van der Waals surface area (Å²) in [5.74, 6) is 2.37. The molecule has 1 aliphatic heterocycles. The summed E-state index contributed by atoms with van der Waals surface area (Å²) in [5, 5.41) is 0. The molecule has 5 nitrogen and oxygen atoms in total. The van der Waals surface area contributed by atoms with Crippen molar-refractivity contribution in [3.8, 4) is 22.8 Å². The lowest BCUT2D eigenvalue weighted by atomic mass is 10.1. The van der Waals surface area contributed by atoms with Crippen LogP contribution >= 0.6 is 15.9 Å². The van der Waals surface area contributed by atoms with Crippen molar-refractivity contribution in [1.82, 2.24) is 9.55 Å². The minimum absolute atomic E-state index is 0.402. The average molecular weight is 324 g/mol. The van der Waals surface area contributed by atoms with Crippen molar-refractivity contribution in [3.05, 3.63) is 28.6 Å². The zero-order chi connectivity index (χ0) is 13.4. The van der Waals surface area contributed by atoms with Crippen molar-refractivity contribution in [2.24, 2.45) is 12.8 Å². The van der Waals surface area contributed by atoms with E-state index in [1.807, 2.05) is 29.8 Å². The molecule has 1 aromatic carbocycles. The quantitative estimate of drug-likeness (QED) is 0.919. The van der Waals surface area contributed by atoms with Crippen LogP contribution in [0.5, 0.6) is 11.5 Å². The lowest BCUT2D eigenvalue weighted by molar-refractivity contribution is 0.171. The van der Waals surface area contributed by atoms with Crippen LogP contribution in [0.4, 0.5) is 0 Å². The molecule has 0 saturated carbocycles. The molecule has 2 heterocycles. The van der Waals surface area contributed by atoms with Gasteiger partial charge in [-0.15, -0.1) is 0 Å². The van der Waals surface area contributed by atoms with Gasteiger partial charge in [-0.1, -0.05) is 0 Å². The molecule has 0 unspecified atom stereocenters. The molecule has 19 heavy (non-hydrogen) atoms. The molecule has 0 amide bonds. The molecule has 0 radical (unpaired) electrons. The number of fused-ring (bicyclic) bond motifs is 1. The van der Waals surface area contributed by atoms with Gasteiger partial charge in [0.15, 0.2) is 11.5 Å². The molecule has 0 bridgehead atoms. The predicted octanol–water partition coefficient (Wildman–Crippen LogP) is 2.08. The van der Waals surface area contributed by atoms with Gasteiger partial charge in [0, 0.05) is 12.6 Å². The molecule has 1 aliphatic rings. The largest absolute Gasteiger partial charge is 0.486 e. The first kappa shape index (κ1) is 12.5. The molecular weight excluding hydrogens is 310 g/mol. The van der Waals surface area contributed by atoms with Crippen molar-refractivity contribution in [2.45, 2.75) is 6.54 Å². The topological polar surface area (TPSA) is 62.3 Å². The van der Waals surface area contributed by atoms with E-state index in [4.69, 9.17) is 15.2 Å². The van der Waals surface area contributed by atoms with Gasteiger partial charge in [-0.25, -0.2) is 4.98 Å². The molecule has 1 aromatic heterocycles. The first-order chi connectivity index (χ1) is 9.20. The average Bonchev–Trinajstić information content (AvgIpc) is 2.74. The second kappa shape index (κ2) is 4.86. The molecule has 6 heteroatoms. The minimum atomic E-state index is 0.402. The zero-order valence-corrected chi connectivity index (χ0v) is 12.1. The highest BCUT2D eigenvalue weighted by Crippen LogP contribution is 2.36. The van der Waals surface area contributed by atoms with E-state index in [2.05, 4.69) is 20.9 Å². The standard InChI is InChI=1S/C13H14BrN3O2/c1-17-11(7-15)16-12(13(17)14)8-2-3-9-10(6-8)19-5-4-18-9/h2-3,6H,4-5,7,15H2,1H3. The Hall–Kier alpha value is -1.53. The fraction of sp³-hybridized carbons (Fsp3) is 0.308. The molecule has 0 aliphatic carbocycles. The smallest absolute Gasteiger partial charge is 0.162 e. The van der Waals surface area contributed by atoms with Crippen LogP contribution in [0, 0.1) is 0 Å². The maximum absolute atomic E-state index is 5.67. The highest BCUT2D eigenvalue weighted by molar-refractivity contribution is 9.10. The van der Waals surface area contributed by atoms with Crippen molar-refractivity contribution >= 4 is 15.9 Å². The third-order valence-corrected chi connectivity index (χ3v) is 4.02. The third kappa shape index (κ3) is 2.11. The molecule has 0 fully saturated rings. The van der Waals surface area contributed by atoms with E-state index in [0.717, 1.165) is 33.2 Å². The molecule has 0 spiro atoms. The molecule has 0 saturated heterocycles. The van der Waals surface area contributed by atoms with Crippen LogP contribution in [0.1, 0.15) is 5.82 Å². The van der Waals surface area contributed by atoms with Gasteiger partial charge in [0.05, 0.1) is 6.54 Å². The number of imidazole rings is 1. The predicted molar refractivity (Wildman–Crippen MR) is 75.2 cm³/mol. The highest BCUT2D eigenvalue weighted by atomic mass is 79.9. The van der Waals surface area contributed by atoms with E-state index in [9.17, 15) is 0 Å². The molecule has 2 N–H and O–H groups in total. The van der Waals surface area contributed by atoms with Gasteiger partial charge in [-0.2, -0.15) is 0 Å². The number of rotatable bonds is 2. The number of nitrogens with zero attached hydrogens (tertiary/aromatic N) is 2. The molecule has 100 valence electrons. The van der Waals surface area contributed by atoms with Crippen molar-refractivity contribution in [3.63, 3.8) is 0 Å². The lowest BCUT2D eigenvalue weighted by Crippen LogP contribution is -2.15. The number of hydrogen-bond donors (Lipinski definition) is 1. The molecule has 0 atom stereocenters. The van der Waals surface area contributed by atoms with Crippen LogP contribution in [0.25, 0.3) is 11.3 Å². The fourth-order valence-electron chi connectivity index (χ4n) is 2.08. The second-order valence-corrected chi connectivity index (χ2v) is 5.04. The summed E-state index contributed by atoms with van der Waals surface area (Å²) in [6.45, 7) is 1.57. The number of ether oxygens (including phenoxy) is 2. The lowest BCUT2D eigenvalue weighted by Gasteiger charge is -2.18. The van der Waals surface area contributed by atoms with Crippen LogP contribution in [0.2, 0.25) is 0 Å². The number of halogens is 1. The van der Waals surface area contributed by atoms with Crippen LogP contribution in [0.15, 0.2) is 22.8 Å². The van der Waals surface area contributed by atoms with Crippen LogP contribution in [0.3, 0.4) is 0 Å². The van der Waals surface area contributed by atoms with Crippen molar-refractivity contribution in [2.75, 3.05) is 13.2 Å². The molecular formula is C13H14BrN3O2. The Morgan fingerprint density at radius 3 is 2.74 bits per heavy atom. The number of hydrogen-bond acceptors (Lipinski definition) is 4. The Bertz CT molecular complexity index is 625.